The lowest BCUT2D eigenvalue weighted by Crippen LogP contribution is -2.33. The molecule has 0 saturated carbocycles. The zero-order chi connectivity index (χ0) is 15.5. The van der Waals surface area contributed by atoms with Gasteiger partial charge in [0.05, 0.1) is 17.8 Å². The van der Waals surface area contributed by atoms with Crippen molar-refractivity contribution >= 4 is 10.9 Å². The van der Waals surface area contributed by atoms with Gasteiger partial charge in [-0.05, 0) is 32.4 Å². The topological polar surface area (TPSA) is 45.5 Å². The van der Waals surface area contributed by atoms with Crippen molar-refractivity contribution in [2.45, 2.75) is 52.6 Å². The molecule has 0 radical (unpaired) electrons. The van der Waals surface area contributed by atoms with Crippen molar-refractivity contribution in [3.05, 3.63) is 23.9 Å². The Balaban J connectivity index is 1.87. The summed E-state index contributed by atoms with van der Waals surface area (Å²) >= 11 is 0. The third-order valence-corrected chi connectivity index (χ3v) is 3.94. The molecule has 0 spiro atoms. The van der Waals surface area contributed by atoms with Gasteiger partial charge in [-0.1, -0.05) is 6.92 Å². The molecule has 2 aromatic rings. The van der Waals surface area contributed by atoms with E-state index in [0.717, 1.165) is 30.5 Å². The minimum atomic E-state index is -0.208. The molecule has 2 atom stereocenters. The molecule has 22 heavy (non-hydrogen) atoms. The zero-order valence-electron chi connectivity index (χ0n) is 13.5. The second kappa shape index (κ2) is 6.67. The Morgan fingerprint density at radius 2 is 2.27 bits per heavy atom. The third-order valence-electron chi connectivity index (χ3n) is 3.94. The Bertz CT molecular complexity index is 638. The van der Waals surface area contributed by atoms with Gasteiger partial charge in [-0.15, -0.1) is 0 Å². The summed E-state index contributed by atoms with van der Waals surface area (Å²) in [5.41, 5.74) is 2.38. The second-order valence-corrected chi connectivity index (χ2v) is 5.64. The van der Waals surface area contributed by atoms with Gasteiger partial charge >= 0.3 is 0 Å². The molecule has 0 aliphatic carbocycles. The molecule has 0 N–H and O–H groups in total. The molecule has 1 aromatic heterocycles. The first-order valence-electron chi connectivity index (χ1n) is 8.10. The summed E-state index contributed by atoms with van der Waals surface area (Å²) in [6, 6.07) is 4.12. The first-order valence-corrected chi connectivity index (χ1v) is 8.10. The van der Waals surface area contributed by atoms with Gasteiger partial charge in [-0.3, -0.25) is 4.68 Å². The zero-order valence-corrected chi connectivity index (χ0v) is 13.5. The fraction of sp³-hybridized carbons (Fsp3) is 0.588. The SMILES string of the molecule is CCCn1ncc2ccc3c(c21)CC(OC(C)OCC)CO3. The smallest absolute Gasteiger partial charge is 0.155 e. The number of hydrogen-bond acceptors (Lipinski definition) is 4. The van der Waals surface area contributed by atoms with E-state index in [4.69, 9.17) is 14.2 Å². The lowest BCUT2D eigenvalue weighted by Gasteiger charge is -2.28. The van der Waals surface area contributed by atoms with Gasteiger partial charge in [0.25, 0.3) is 0 Å². The van der Waals surface area contributed by atoms with Crippen LogP contribution in [0.25, 0.3) is 10.9 Å². The fourth-order valence-electron chi connectivity index (χ4n) is 3.05. The maximum atomic E-state index is 5.94. The lowest BCUT2D eigenvalue weighted by molar-refractivity contribution is -0.165. The molecule has 120 valence electrons. The Kier molecular flexibility index (Phi) is 4.64. The highest BCUT2D eigenvalue weighted by atomic mass is 16.7. The minimum absolute atomic E-state index is 0.0182. The van der Waals surface area contributed by atoms with Crippen LogP contribution in [0.5, 0.6) is 5.75 Å². The highest BCUT2D eigenvalue weighted by molar-refractivity contribution is 5.84. The summed E-state index contributed by atoms with van der Waals surface area (Å²) in [7, 11) is 0. The van der Waals surface area contributed by atoms with Crippen LogP contribution in [-0.2, 0) is 22.4 Å². The maximum Gasteiger partial charge on any atom is 0.155 e. The maximum absolute atomic E-state index is 5.94. The molecule has 1 aliphatic rings. The molecule has 5 heteroatoms. The lowest BCUT2D eigenvalue weighted by atomic mass is 10.0. The Labute approximate surface area is 131 Å². The van der Waals surface area contributed by atoms with Crippen molar-refractivity contribution in [2.75, 3.05) is 13.2 Å². The van der Waals surface area contributed by atoms with Crippen LogP contribution in [0, 0.1) is 0 Å². The van der Waals surface area contributed by atoms with Crippen LogP contribution < -0.4 is 4.74 Å². The van der Waals surface area contributed by atoms with Crippen molar-refractivity contribution in [1.29, 1.82) is 0 Å². The van der Waals surface area contributed by atoms with Crippen molar-refractivity contribution in [3.8, 4) is 5.75 Å². The average Bonchev–Trinajstić information content (AvgIpc) is 2.91. The number of benzene rings is 1. The first kappa shape index (κ1) is 15.3. The fourth-order valence-corrected chi connectivity index (χ4v) is 3.05. The standard InChI is InChI=1S/C17H24N2O3/c1-4-8-19-17-13(10-18-19)6-7-16-15(17)9-14(11-21-16)22-12(3)20-5-2/h6-7,10,12,14H,4-5,8-9,11H2,1-3H3. The monoisotopic (exact) mass is 304 g/mol. The Morgan fingerprint density at radius 3 is 3.05 bits per heavy atom. The molecule has 2 unspecified atom stereocenters. The average molecular weight is 304 g/mol. The van der Waals surface area contributed by atoms with E-state index in [1.54, 1.807) is 0 Å². The number of aryl methyl sites for hydroxylation is 1. The Hall–Kier alpha value is -1.59. The highest BCUT2D eigenvalue weighted by Crippen LogP contribution is 2.33. The molecule has 0 amide bonds. The number of nitrogens with zero attached hydrogens (tertiary/aromatic N) is 2. The van der Waals surface area contributed by atoms with Crippen LogP contribution in [0.1, 0.15) is 32.8 Å². The summed E-state index contributed by atoms with van der Waals surface area (Å²) in [5, 5.41) is 5.67. The number of rotatable bonds is 6. The van der Waals surface area contributed by atoms with Crippen molar-refractivity contribution in [1.82, 2.24) is 9.78 Å². The molecule has 3 rings (SSSR count). The molecule has 5 nitrogen and oxygen atoms in total. The summed E-state index contributed by atoms with van der Waals surface area (Å²) in [5.74, 6) is 0.953. The number of hydrogen-bond donors (Lipinski definition) is 0. The summed E-state index contributed by atoms with van der Waals surface area (Å²) in [4.78, 5) is 0. The van der Waals surface area contributed by atoms with E-state index in [1.165, 1.54) is 11.1 Å². The van der Waals surface area contributed by atoms with Gasteiger partial charge in [0, 0.05) is 30.5 Å². The largest absolute Gasteiger partial charge is 0.491 e. The van der Waals surface area contributed by atoms with Crippen molar-refractivity contribution in [3.63, 3.8) is 0 Å². The second-order valence-electron chi connectivity index (χ2n) is 5.64. The summed E-state index contributed by atoms with van der Waals surface area (Å²) < 4.78 is 19.4. The van der Waals surface area contributed by atoms with Gasteiger partial charge in [0.15, 0.2) is 6.29 Å². The van der Waals surface area contributed by atoms with Gasteiger partial charge in [0.2, 0.25) is 0 Å². The third kappa shape index (κ3) is 2.96. The van der Waals surface area contributed by atoms with E-state index in [2.05, 4.69) is 22.8 Å². The number of aromatic nitrogens is 2. The molecule has 2 heterocycles. The number of ether oxygens (including phenoxy) is 3. The van der Waals surface area contributed by atoms with Crippen LogP contribution in [0.3, 0.4) is 0 Å². The Morgan fingerprint density at radius 1 is 1.41 bits per heavy atom. The molecule has 0 bridgehead atoms. The van der Waals surface area contributed by atoms with E-state index >= 15 is 0 Å². The van der Waals surface area contributed by atoms with E-state index in [9.17, 15) is 0 Å². The van der Waals surface area contributed by atoms with Crippen molar-refractivity contribution in [2.24, 2.45) is 0 Å². The minimum Gasteiger partial charge on any atom is -0.491 e. The predicted molar refractivity (Wildman–Crippen MR) is 85.2 cm³/mol. The van der Waals surface area contributed by atoms with Crippen LogP contribution in [0.4, 0.5) is 0 Å². The van der Waals surface area contributed by atoms with Gasteiger partial charge in [-0.2, -0.15) is 5.10 Å². The van der Waals surface area contributed by atoms with Gasteiger partial charge in [-0.25, -0.2) is 0 Å². The van der Waals surface area contributed by atoms with E-state index in [-0.39, 0.29) is 12.4 Å². The van der Waals surface area contributed by atoms with E-state index in [1.807, 2.05) is 26.1 Å². The highest BCUT2D eigenvalue weighted by Gasteiger charge is 2.25. The van der Waals surface area contributed by atoms with Crippen molar-refractivity contribution < 1.29 is 14.2 Å². The van der Waals surface area contributed by atoms with Crippen LogP contribution in [0.2, 0.25) is 0 Å². The van der Waals surface area contributed by atoms with Crippen LogP contribution >= 0.6 is 0 Å². The predicted octanol–water partition coefficient (Wildman–Crippen LogP) is 3.15. The quantitative estimate of drug-likeness (QED) is 0.769. The van der Waals surface area contributed by atoms with Crippen LogP contribution in [-0.4, -0.2) is 35.4 Å². The number of fused-ring (bicyclic) bond motifs is 3. The van der Waals surface area contributed by atoms with Gasteiger partial charge < -0.3 is 14.2 Å². The summed E-state index contributed by atoms with van der Waals surface area (Å²) in [6.07, 6.45) is 3.63. The normalized spacial score (nSPS) is 19.0. The molecule has 1 aromatic carbocycles. The van der Waals surface area contributed by atoms with E-state index < -0.39 is 0 Å². The summed E-state index contributed by atoms with van der Waals surface area (Å²) in [6.45, 7) is 8.20. The van der Waals surface area contributed by atoms with Crippen LogP contribution in [0.15, 0.2) is 18.3 Å². The molecule has 0 saturated heterocycles. The molecule has 0 fully saturated rings. The first-order chi connectivity index (χ1) is 10.7. The molecular weight excluding hydrogens is 280 g/mol. The van der Waals surface area contributed by atoms with Gasteiger partial charge in [0.1, 0.15) is 12.4 Å². The van der Waals surface area contributed by atoms with E-state index in [0.29, 0.717) is 13.2 Å². The molecule has 1 aliphatic heterocycles. The molecular formula is C17H24N2O3.